The lowest BCUT2D eigenvalue weighted by Crippen LogP contribution is -2.12. The average molecular weight is 455 g/mol. The first-order chi connectivity index (χ1) is 15.1. The van der Waals surface area contributed by atoms with Gasteiger partial charge in [0, 0.05) is 11.1 Å². The maximum Gasteiger partial charge on any atom is 0.330 e. The molecule has 0 saturated heterocycles. The van der Waals surface area contributed by atoms with E-state index in [0.717, 1.165) is 32.2 Å². The summed E-state index contributed by atoms with van der Waals surface area (Å²) in [5.74, 6) is -1.71. The topological polar surface area (TPSA) is 81.1 Å². The van der Waals surface area contributed by atoms with Crippen molar-refractivity contribution in [3.05, 3.63) is 24.3 Å². The maximum absolute atomic E-state index is 10.5. The average Bonchev–Trinajstić information content (AvgIpc) is 2.71. The van der Waals surface area contributed by atoms with Crippen LogP contribution in [0.3, 0.4) is 0 Å². The van der Waals surface area contributed by atoms with E-state index in [1.54, 1.807) is 0 Å². The molecule has 0 aromatic heterocycles. The molecule has 0 aromatic rings. The first-order valence-corrected chi connectivity index (χ1v) is 12.2. The molecule has 0 aliphatic carbocycles. The van der Waals surface area contributed by atoms with E-state index in [1.165, 1.54) is 57.9 Å². The highest BCUT2D eigenvalue weighted by atomic mass is 16.4. The molecule has 0 aliphatic rings. The van der Waals surface area contributed by atoms with Gasteiger partial charge in [0.05, 0.1) is 0 Å². The number of aliphatic carboxylic acids is 2. The summed E-state index contributed by atoms with van der Waals surface area (Å²) in [5, 5.41) is 17.2. The molecule has 0 rings (SSSR count). The molecule has 0 spiro atoms. The van der Waals surface area contributed by atoms with Crippen LogP contribution in [0.5, 0.6) is 0 Å². The van der Waals surface area contributed by atoms with Crippen LogP contribution in [0.4, 0.5) is 0 Å². The van der Waals surface area contributed by atoms with Crippen molar-refractivity contribution >= 4 is 11.9 Å². The van der Waals surface area contributed by atoms with Crippen molar-refractivity contribution in [1.82, 2.24) is 9.80 Å². The van der Waals surface area contributed by atoms with Gasteiger partial charge < -0.3 is 20.0 Å². The van der Waals surface area contributed by atoms with Crippen molar-refractivity contribution in [2.45, 2.75) is 89.9 Å². The third kappa shape index (κ3) is 26.4. The predicted molar refractivity (Wildman–Crippen MR) is 135 cm³/mol. The minimum Gasteiger partial charge on any atom is -0.478 e. The van der Waals surface area contributed by atoms with Gasteiger partial charge in [0.2, 0.25) is 0 Å². The van der Waals surface area contributed by atoms with Gasteiger partial charge in [-0.15, -0.1) is 0 Å². The molecule has 0 aromatic carbocycles. The normalized spacial score (nSPS) is 10.7. The second-order valence-electron chi connectivity index (χ2n) is 9.17. The van der Waals surface area contributed by atoms with Crippen LogP contribution in [0.2, 0.25) is 0 Å². The van der Waals surface area contributed by atoms with Crippen LogP contribution in [-0.4, -0.2) is 73.2 Å². The third-order valence-corrected chi connectivity index (χ3v) is 5.27. The SMILES string of the molecule is C=C(CCCCCCCCCN(C)C)C(=O)O.C=C(CCCCCCCN(C)C)C(=O)O. The van der Waals surface area contributed by atoms with E-state index in [2.05, 4.69) is 51.1 Å². The molecule has 0 radical (unpaired) electrons. The number of unbranched alkanes of at least 4 members (excludes halogenated alkanes) is 10. The molecule has 32 heavy (non-hydrogen) atoms. The van der Waals surface area contributed by atoms with E-state index in [0.29, 0.717) is 24.0 Å². The molecular formula is C26H50N2O4. The zero-order valence-corrected chi connectivity index (χ0v) is 21.3. The second-order valence-corrected chi connectivity index (χ2v) is 9.17. The molecular weight excluding hydrogens is 404 g/mol. The Morgan fingerprint density at radius 1 is 0.531 bits per heavy atom. The second kappa shape index (κ2) is 22.5. The smallest absolute Gasteiger partial charge is 0.330 e. The van der Waals surface area contributed by atoms with E-state index >= 15 is 0 Å². The summed E-state index contributed by atoms with van der Waals surface area (Å²) < 4.78 is 0. The summed E-state index contributed by atoms with van der Waals surface area (Å²) in [4.78, 5) is 25.3. The molecule has 6 nitrogen and oxygen atoms in total. The van der Waals surface area contributed by atoms with Gasteiger partial charge in [0.25, 0.3) is 0 Å². The Bertz CT molecular complexity index is 516. The Kier molecular flexibility index (Phi) is 22.9. The summed E-state index contributed by atoms with van der Waals surface area (Å²) in [6.45, 7) is 9.35. The lowest BCUT2D eigenvalue weighted by atomic mass is 10.1. The summed E-state index contributed by atoms with van der Waals surface area (Å²) >= 11 is 0. The number of carbonyl (C=O) groups is 2. The molecule has 0 amide bonds. The molecule has 2 N–H and O–H groups in total. The highest BCUT2D eigenvalue weighted by molar-refractivity contribution is 5.85. The standard InChI is InChI=1S/C14H27NO2.C12H23NO2/c1-13(14(16)17)11-9-7-5-4-6-8-10-12-15(2)3;1-11(12(14)15)9-7-5-4-6-8-10-13(2)3/h1,4-12H2,2-3H3,(H,16,17);1,4-10H2,2-3H3,(H,14,15). The van der Waals surface area contributed by atoms with Gasteiger partial charge in [0.1, 0.15) is 0 Å². The van der Waals surface area contributed by atoms with E-state index in [4.69, 9.17) is 10.2 Å². The molecule has 0 heterocycles. The van der Waals surface area contributed by atoms with Gasteiger partial charge in [-0.2, -0.15) is 0 Å². The fraction of sp³-hybridized carbons (Fsp3) is 0.769. The molecule has 0 aliphatic heterocycles. The lowest BCUT2D eigenvalue weighted by Gasteiger charge is -2.08. The van der Waals surface area contributed by atoms with Gasteiger partial charge in [0.15, 0.2) is 0 Å². The van der Waals surface area contributed by atoms with E-state index in [9.17, 15) is 9.59 Å². The Morgan fingerprint density at radius 2 is 0.781 bits per heavy atom. The largest absolute Gasteiger partial charge is 0.478 e. The number of hydrogen-bond acceptors (Lipinski definition) is 4. The monoisotopic (exact) mass is 454 g/mol. The van der Waals surface area contributed by atoms with Crippen molar-refractivity contribution in [3.8, 4) is 0 Å². The van der Waals surface area contributed by atoms with E-state index in [1.807, 2.05) is 0 Å². The van der Waals surface area contributed by atoms with Gasteiger partial charge in [-0.25, -0.2) is 9.59 Å². The van der Waals surface area contributed by atoms with Crippen molar-refractivity contribution in [1.29, 1.82) is 0 Å². The predicted octanol–water partition coefficient (Wildman–Crippen LogP) is 5.84. The number of nitrogens with zero attached hydrogens (tertiary/aromatic N) is 2. The van der Waals surface area contributed by atoms with Gasteiger partial charge >= 0.3 is 11.9 Å². The summed E-state index contributed by atoms with van der Waals surface area (Å²) in [6.07, 6.45) is 15.4. The molecule has 0 unspecified atom stereocenters. The van der Waals surface area contributed by atoms with Crippen molar-refractivity contribution in [2.24, 2.45) is 0 Å². The molecule has 0 bridgehead atoms. The maximum atomic E-state index is 10.5. The van der Waals surface area contributed by atoms with Crippen LogP contribution in [0.15, 0.2) is 24.3 Å². The third-order valence-electron chi connectivity index (χ3n) is 5.27. The van der Waals surface area contributed by atoms with Crippen LogP contribution < -0.4 is 0 Å². The first-order valence-electron chi connectivity index (χ1n) is 12.2. The van der Waals surface area contributed by atoms with Crippen molar-refractivity contribution in [2.75, 3.05) is 41.3 Å². The van der Waals surface area contributed by atoms with Crippen LogP contribution >= 0.6 is 0 Å². The molecule has 0 fully saturated rings. The lowest BCUT2D eigenvalue weighted by molar-refractivity contribution is -0.133. The number of hydrogen-bond donors (Lipinski definition) is 2. The van der Waals surface area contributed by atoms with Crippen molar-refractivity contribution in [3.63, 3.8) is 0 Å². The van der Waals surface area contributed by atoms with E-state index < -0.39 is 11.9 Å². The molecule has 0 saturated carbocycles. The minimum atomic E-state index is -0.859. The summed E-state index contributed by atoms with van der Waals surface area (Å²) in [7, 11) is 8.37. The Balaban J connectivity index is 0. The van der Waals surface area contributed by atoms with Gasteiger partial charge in [-0.05, 0) is 79.8 Å². The number of carboxylic acid groups (broad SMARTS) is 2. The highest BCUT2D eigenvalue weighted by Crippen LogP contribution is 2.12. The zero-order chi connectivity index (χ0) is 24.8. The minimum absolute atomic E-state index is 0.336. The Hall–Kier alpha value is -1.66. The Labute approximate surface area is 197 Å². The molecule has 188 valence electrons. The van der Waals surface area contributed by atoms with Crippen molar-refractivity contribution < 1.29 is 19.8 Å². The van der Waals surface area contributed by atoms with E-state index in [-0.39, 0.29) is 0 Å². The zero-order valence-electron chi connectivity index (χ0n) is 21.3. The van der Waals surface area contributed by atoms with Crippen LogP contribution in [-0.2, 0) is 9.59 Å². The fourth-order valence-corrected chi connectivity index (χ4v) is 3.16. The highest BCUT2D eigenvalue weighted by Gasteiger charge is 2.03. The molecule has 0 atom stereocenters. The molecule has 6 heteroatoms. The van der Waals surface area contributed by atoms with Crippen LogP contribution in [0, 0.1) is 0 Å². The summed E-state index contributed by atoms with van der Waals surface area (Å²) in [6, 6.07) is 0. The van der Waals surface area contributed by atoms with Gasteiger partial charge in [-0.3, -0.25) is 0 Å². The van der Waals surface area contributed by atoms with Crippen LogP contribution in [0.25, 0.3) is 0 Å². The fourth-order valence-electron chi connectivity index (χ4n) is 3.16. The first kappa shape index (κ1) is 32.5. The van der Waals surface area contributed by atoms with Crippen LogP contribution in [0.1, 0.15) is 89.9 Å². The number of rotatable bonds is 20. The van der Waals surface area contributed by atoms with Gasteiger partial charge in [-0.1, -0.05) is 64.5 Å². The Morgan fingerprint density at radius 3 is 1.03 bits per heavy atom. The number of carboxylic acids is 2. The summed E-state index contributed by atoms with van der Waals surface area (Å²) in [5.41, 5.74) is 0.680. The quantitative estimate of drug-likeness (QED) is 0.178.